The van der Waals surface area contributed by atoms with Crippen LogP contribution in [0, 0.1) is 5.41 Å². The molecular formula is C13H17BrO3. The maximum atomic E-state index is 9.70. The van der Waals surface area contributed by atoms with E-state index >= 15 is 0 Å². The number of ether oxygens (including phenoxy) is 2. The second kappa shape index (κ2) is 4.50. The number of rotatable bonds is 3. The molecule has 0 aliphatic heterocycles. The zero-order chi connectivity index (χ0) is 12.6. The number of halogens is 1. The summed E-state index contributed by atoms with van der Waals surface area (Å²) in [6, 6.07) is 5.68. The number of methoxy groups -OCH3 is 1. The lowest BCUT2D eigenvalue weighted by atomic mass is 9.66. The van der Waals surface area contributed by atoms with Crippen molar-refractivity contribution in [1.29, 1.82) is 0 Å². The quantitative estimate of drug-likeness (QED) is 0.933. The fourth-order valence-electron chi connectivity index (χ4n) is 1.97. The van der Waals surface area contributed by atoms with E-state index in [2.05, 4.69) is 15.9 Å². The van der Waals surface area contributed by atoms with Gasteiger partial charge in [-0.1, -0.05) is 19.9 Å². The Hall–Kier alpha value is -0.740. The minimum Gasteiger partial charge on any atom is -0.493 e. The lowest BCUT2D eigenvalue weighted by molar-refractivity contribution is -0.135. The Morgan fingerprint density at radius 3 is 2.65 bits per heavy atom. The van der Waals surface area contributed by atoms with Crippen molar-refractivity contribution < 1.29 is 14.6 Å². The summed E-state index contributed by atoms with van der Waals surface area (Å²) in [6.45, 7) is 4.02. The van der Waals surface area contributed by atoms with Gasteiger partial charge in [-0.2, -0.15) is 0 Å². The van der Waals surface area contributed by atoms with Gasteiger partial charge in [0, 0.05) is 11.8 Å². The van der Waals surface area contributed by atoms with Crippen LogP contribution in [-0.2, 0) is 0 Å². The minimum absolute atomic E-state index is 0.0186. The third-order valence-corrected chi connectivity index (χ3v) is 4.16. The summed E-state index contributed by atoms with van der Waals surface area (Å²) in [4.78, 5) is 0. The summed E-state index contributed by atoms with van der Waals surface area (Å²) in [5.41, 5.74) is -0.208. The lowest BCUT2D eigenvalue weighted by Crippen LogP contribution is -2.56. The van der Waals surface area contributed by atoms with Crippen LogP contribution in [0.5, 0.6) is 11.5 Å². The Morgan fingerprint density at radius 2 is 2.12 bits per heavy atom. The lowest BCUT2D eigenvalue weighted by Gasteiger charge is -2.48. The molecule has 3 nitrogen and oxygen atoms in total. The van der Waals surface area contributed by atoms with E-state index in [1.807, 2.05) is 32.0 Å². The monoisotopic (exact) mass is 300 g/mol. The van der Waals surface area contributed by atoms with Gasteiger partial charge in [-0.25, -0.2) is 0 Å². The van der Waals surface area contributed by atoms with Crippen molar-refractivity contribution in [2.75, 3.05) is 7.11 Å². The van der Waals surface area contributed by atoms with Crippen molar-refractivity contribution in [3.05, 3.63) is 22.7 Å². The zero-order valence-electron chi connectivity index (χ0n) is 10.2. The molecular weight excluding hydrogens is 284 g/mol. The number of hydrogen-bond acceptors (Lipinski definition) is 3. The summed E-state index contributed by atoms with van der Waals surface area (Å²) in [6.07, 6.45) is 0.392. The van der Waals surface area contributed by atoms with E-state index in [1.165, 1.54) is 0 Å². The Bertz CT molecular complexity index is 417. The first-order valence-corrected chi connectivity index (χ1v) is 6.43. The van der Waals surface area contributed by atoms with Crippen LogP contribution >= 0.6 is 15.9 Å². The van der Waals surface area contributed by atoms with Gasteiger partial charge in [0.15, 0.2) is 11.5 Å². The second-order valence-corrected chi connectivity index (χ2v) is 5.80. The van der Waals surface area contributed by atoms with Crippen LogP contribution in [0.25, 0.3) is 0 Å². The van der Waals surface area contributed by atoms with Crippen molar-refractivity contribution in [3.8, 4) is 11.5 Å². The molecule has 4 heteroatoms. The molecule has 2 rings (SSSR count). The molecule has 1 aliphatic carbocycles. The number of aliphatic hydroxyl groups is 1. The molecule has 1 aromatic carbocycles. The Kier molecular flexibility index (Phi) is 3.36. The molecule has 17 heavy (non-hydrogen) atoms. The molecule has 0 radical (unpaired) electrons. The number of benzene rings is 1. The molecule has 2 unspecified atom stereocenters. The van der Waals surface area contributed by atoms with Gasteiger partial charge in [0.1, 0.15) is 6.10 Å². The molecule has 0 amide bonds. The van der Waals surface area contributed by atoms with Gasteiger partial charge in [0.25, 0.3) is 0 Å². The van der Waals surface area contributed by atoms with Crippen molar-refractivity contribution in [2.45, 2.75) is 32.5 Å². The first-order valence-electron chi connectivity index (χ1n) is 5.64. The number of para-hydroxylation sites is 1. The van der Waals surface area contributed by atoms with Gasteiger partial charge in [-0.15, -0.1) is 0 Å². The molecule has 0 aromatic heterocycles. The highest BCUT2D eigenvalue weighted by molar-refractivity contribution is 9.10. The molecule has 94 valence electrons. The van der Waals surface area contributed by atoms with Crippen LogP contribution < -0.4 is 9.47 Å². The van der Waals surface area contributed by atoms with Gasteiger partial charge in [-0.05, 0) is 28.1 Å². The molecule has 1 aromatic rings. The van der Waals surface area contributed by atoms with Crippen LogP contribution in [0.3, 0.4) is 0 Å². The molecule has 1 saturated carbocycles. The maximum absolute atomic E-state index is 9.70. The van der Waals surface area contributed by atoms with E-state index in [-0.39, 0.29) is 17.6 Å². The zero-order valence-corrected chi connectivity index (χ0v) is 11.8. The maximum Gasteiger partial charge on any atom is 0.175 e. The third-order valence-electron chi connectivity index (χ3n) is 3.54. The van der Waals surface area contributed by atoms with Gasteiger partial charge in [0.05, 0.1) is 17.7 Å². The summed E-state index contributed by atoms with van der Waals surface area (Å²) in [5, 5.41) is 9.70. The normalized spacial score (nSPS) is 26.2. The van der Waals surface area contributed by atoms with Crippen LogP contribution in [0.2, 0.25) is 0 Å². The predicted octanol–water partition coefficient (Wildman–Crippen LogP) is 3.00. The molecule has 1 N–H and O–H groups in total. The SMILES string of the molecule is COc1cccc(Br)c1OC1CC(O)C1(C)C. The average molecular weight is 301 g/mol. The molecule has 1 aliphatic rings. The Balaban J connectivity index is 2.20. The fourth-order valence-corrected chi connectivity index (χ4v) is 2.41. The molecule has 0 heterocycles. The largest absolute Gasteiger partial charge is 0.493 e. The highest BCUT2D eigenvalue weighted by Crippen LogP contribution is 2.46. The second-order valence-electron chi connectivity index (χ2n) is 4.95. The van der Waals surface area contributed by atoms with E-state index in [4.69, 9.17) is 9.47 Å². The van der Waals surface area contributed by atoms with Gasteiger partial charge in [0.2, 0.25) is 0 Å². The molecule has 2 atom stereocenters. The average Bonchev–Trinajstić information content (AvgIpc) is 2.30. The van der Waals surface area contributed by atoms with Gasteiger partial charge >= 0.3 is 0 Å². The summed E-state index contributed by atoms with van der Waals surface area (Å²) in [5.74, 6) is 1.41. The van der Waals surface area contributed by atoms with Crippen LogP contribution in [0.15, 0.2) is 22.7 Å². The van der Waals surface area contributed by atoms with E-state index < -0.39 is 0 Å². The summed E-state index contributed by atoms with van der Waals surface area (Å²) < 4.78 is 12.1. The van der Waals surface area contributed by atoms with Crippen molar-refractivity contribution >= 4 is 15.9 Å². The minimum atomic E-state index is -0.291. The first-order chi connectivity index (χ1) is 7.96. The van der Waals surface area contributed by atoms with Crippen LogP contribution in [0.1, 0.15) is 20.3 Å². The van der Waals surface area contributed by atoms with Crippen molar-refractivity contribution in [2.24, 2.45) is 5.41 Å². The van der Waals surface area contributed by atoms with Gasteiger partial charge < -0.3 is 14.6 Å². The van der Waals surface area contributed by atoms with E-state index in [9.17, 15) is 5.11 Å². The Labute approximate surface area is 110 Å². The van der Waals surface area contributed by atoms with Gasteiger partial charge in [-0.3, -0.25) is 0 Å². The van der Waals surface area contributed by atoms with E-state index in [1.54, 1.807) is 7.11 Å². The highest BCUT2D eigenvalue weighted by atomic mass is 79.9. The van der Waals surface area contributed by atoms with E-state index in [0.29, 0.717) is 17.9 Å². The topological polar surface area (TPSA) is 38.7 Å². The standard InChI is InChI=1S/C13H17BrO3/c1-13(2)10(15)7-11(13)17-12-8(14)5-4-6-9(12)16-3/h4-6,10-11,15H,7H2,1-3H3. The molecule has 1 fully saturated rings. The van der Waals surface area contributed by atoms with Crippen LogP contribution in [0.4, 0.5) is 0 Å². The van der Waals surface area contributed by atoms with E-state index in [0.717, 1.165) is 4.47 Å². The third kappa shape index (κ3) is 2.16. The number of hydrogen-bond donors (Lipinski definition) is 1. The van der Waals surface area contributed by atoms with Crippen molar-refractivity contribution in [1.82, 2.24) is 0 Å². The summed E-state index contributed by atoms with van der Waals surface area (Å²) in [7, 11) is 1.62. The van der Waals surface area contributed by atoms with Crippen molar-refractivity contribution in [3.63, 3.8) is 0 Å². The Morgan fingerprint density at radius 1 is 1.41 bits per heavy atom. The smallest absolute Gasteiger partial charge is 0.175 e. The molecule has 0 spiro atoms. The summed E-state index contributed by atoms with van der Waals surface area (Å²) >= 11 is 3.45. The first kappa shape index (κ1) is 12.7. The highest BCUT2D eigenvalue weighted by Gasteiger charge is 2.49. The molecule has 0 saturated heterocycles. The number of aliphatic hydroxyl groups excluding tert-OH is 1. The predicted molar refractivity (Wildman–Crippen MR) is 69.5 cm³/mol. The fraction of sp³-hybridized carbons (Fsp3) is 0.538. The molecule has 0 bridgehead atoms. The van der Waals surface area contributed by atoms with Crippen LogP contribution in [-0.4, -0.2) is 24.4 Å².